The molecular formula is C84H67Cl7N16O8. The fraction of sp³-hybridized carbons (Fsp3) is 0.0952. The standard InChI is InChI=1S/C25H24Cl2N4O2.C21H17Cl2N3O3.C19H13Cl2N3O2.C19H13ClN6O/c1-2-30-11-13-31(14-12-30)25(33)17-6-8-19(22(27)15-17)24(32)29-18-7-9-21(26)20(16-18)23-5-3-4-10-28-23;22-17-7-5-14(12-16(17)19-3-1-2-8-24-19)26-21(29)15-6-4-13(11-18(15)23)20(28)25-9-10-27;20-15-7-5-12(10-14(15)17-3-1-2-8-23-17)24-19(26)13-6-4-11(18(22)25)9-16(13)21;20-17-9-6-14(11-16(17)18-3-1-2-10-21-18)23-19(27)13-4-7-15(8-5-13)26-12-22-24-25-26/h3-10,15-16H,2,11-14H2,1H3,(H,29,32);1-8,11-12,27H,9-10H2,(H,25,28)(H,26,29);1-10H,(H2,22,25)(H,24,26);1-12H,(H,23,27). The molecule has 1 aliphatic heterocycles. The lowest BCUT2D eigenvalue weighted by Gasteiger charge is -2.34. The van der Waals surface area contributed by atoms with Crippen LogP contribution in [0.25, 0.3) is 50.7 Å². The van der Waals surface area contributed by atoms with Crippen LogP contribution in [0.5, 0.6) is 0 Å². The molecule has 1 fully saturated rings. The highest BCUT2D eigenvalue weighted by atomic mass is 35.5. The number of piperazine rings is 1. The molecule has 0 atom stereocenters. The summed E-state index contributed by atoms with van der Waals surface area (Å²) in [5.41, 5.74) is 16.2. The van der Waals surface area contributed by atoms with Crippen LogP contribution in [0.1, 0.15) is 79.4 Å². The van der Waals surface area contributed by atoms with Gasteiger partial charge in [0.15, 0.2) is 0 Å². The summed E-state index contributed by atoms with van der Waals surface area (Å²) in [7, 11) is 0. The van der Waals surface area contributed by atoms with E-state index in [1.165, 1.54) is 47.4 Å². The van der Waals surface area contributed by atoms with Crippen LogP contribution < -0.4 is 32.3 Å². The summed E-state index contributed by atoms with van der Waals surface area (Å²) in [5, 5.41) is 36.2. The maximum atomic E-state index is 12.9. The Morgan fingerprint density at radius 2 is 0.765 bits per heavy atom. The molecule has 1 aliphatic rings. The molecule has 0 aliphatic carbocycles. The Balaban J connectivity index is 0.000000152. The molecule has 6 heterocycles. The highest BCUT2D eigenvalue weighted by Crippen LogP contribution is 2.35. The van der Waals surface area contributed by atoms with Crippen molar-refractivity contribution in [1.82, 2.24) is 55.3 Å². The molecule has 31 heteroatoms. The third-order valence-electron chi connectivity index (χ3n) is 17.3. The Hall–Kier alpha value is -12.3. The van der Waals surface area contributed by atoms with Crippen molar-refractivity contribution in [2.45, 2.75) is 6.92 Å². The molecule has 0 saturated carbocycles. The number of carbonyl (C=O) groups is 7. The summed E-state index contributed by atoms with van der Waals surface area (Å²) in [4.78, 5) is 108. The molecule has 580 valence electrons. The third kappa shape index (κ3) is 22.5. The second kappa shape index (κ2) is 40.4. The van der Waals surface area contributed by atoms with Crippen molar-refractivity contribution in [1.29, 1.82) is 0 Å². The van der Waals surface area contributed by atoms with E-state index < -0.39 is 17.7 Å². The molecule has 8 aromatic carbocycles. The minimum Gasteiger partial charge on any atom is -0.395 e. The van der Waals surface area contributed by atoms with Gasteiger partial charge in [-0.15, -0.1) is 5.10 Å². The van der Waals surface area contributed by atoms with Crippen LogP contribution in [0.2, 0.25) is 35.2 Å². The first-order valence-corrected chi connectivity index (χ1v) is 37.8. The molecule has 1 saturated heterocycles. The largest absolute Gasteiger partial charge is 0.395 e. The molecular weight excluding hydrogens is 1610 g/mol. The average molecular weight is 1680 g/mol. The van der Waals surface area contributed by atoms with Crippen molar-refractivity contribution < 1.29 is 38.7 Å². The number of nitrogens with one attached hydrogen (secondary N) is 5. The average Bonchev–Trinajstić information content (AvgIpc) is 1.14. The molecule has 24 nitrogen and oxygen atoms in total. The minimum absolute atomic E-state index is 0.0719. The van der Waals surface area contributed by atoms with Crippen LogP contribution in [-0.2, 0) is 0 Å². The number of primary amides is 1. The van der Waals surface area contributed by atoms with E-state index in [2.05, 4.69) is 73.9 Å². The number of amides is 7. The van der Waals surface area contributed by atoms with Gasteiger partial charge in [-0.25, -0.2) is 4.68 Å². The normalized spacial score (nSPS) is 11.5. The summed E-state index contributed by atoms with van der Waals surface area (Å²) < 4.78 is 1.51. The smallest absolute Gasteiger partial charge is 0.257 e. The van der Waals surface area contributed by atoms with Crippen molar-refractivity contribution in [3.05, 3.63) is 330 Å². The van der Waals surface area contributed by atoms with Crippen LogP contribution in [-0.4, -0.2) is 142 Å². The SMILES string of the molecule is CCN1CCN(C(=O)c2ccc(C(=O)Nc3ccc(Cl)c(-c4ccccn4)c3)c(Cl)c2)CC1.NC(=O)c1ccc(C(=O)Nc2ccc(Cl)c(-c3ccccn3)c2)c(Cl)c1.O=C(NCCO)c1ccc(C(=O)Nc2ccc(Cl)c(-c3ccccn3)c2)c(Cl)c1.O=C(Nc1ccc(Cl)c(-c2ccccn2)c1)c1ccc(-n2cnnn2)cc1. The number of nitrogens with zero attached hydrogens (tertiary/aromatic N) is 10. The molecule has 8 N–H and O–H groups in total. The number of nitrogens with two attached hydrogens (primary N) is 1. The number of rotatable bonds is 19. The van der Waals surface area contributed by atoms with E-state index in [0.29, 0.717) is 112 Å². The van der Waals surface area contributed by atoms with E-state index in [1.807, 2.05) is 65.6 Å². The number of likely N-dealkylation sites (N-methyl/N-ethyl adjacent to an activating group) is 1. The Labute approximate surface area is 694 Å². The van der Waals surface area contributed by atoms with Gasteiger partial charge in [-0.3, -0.25) is 53.5 Å². The number of aliphatic hydroxyl groups is 1. The number of aromatic nitrogens is 8. The first-order chi connectivity index (χ1) is 55.6. The predicted octanol–water partition coefficient (Wildman–Crippen LogP) is 17.2. The van der Waals surface area contributed by atoms with Gasteiger partial charge < -0.3 is 47.2 Å². The van der Waals surface area contributed by atoms with Gasteiger partial charge in [-0.1, -0.05) is 112 Å². The quantitative estimate of drug-likeness (QED) is 0.0395. The summed E-state index contributed by atoms with van der Waals surface area (Å²) in [6.07, 6.45) is 8.19. The fourth-order valence-electron chi connectivity index (χ4n) is 11.4. The lowest BCUT2D eigenvalue weighted by atomic mass is 10.1. The molecule has 5 aromatic heterocycles. The van der Waals surface area contributed by atoms with E-state index in [0.717, 1.165) is 36.6 Å². The van der Waals surface area contributed by atoms with E-state index in [-0.39, 0.29) is 68.5 Å². The highest BCUT2D eigenvalue weighted by Gasteiger charge is 2.24. The van der Waals surface area contributed by atoms with E-state index in [9.17, 15) is 33.6 Å². The van der Waals surface area contributed by atoms with Gasteiger partial charge in [0.1, 0.15) is 6.33 Å². The molecule has 13 aromatic rings. The monoisotopic (exact) mass is 1670 g/mol. The molecule has 0 spiro atoms. The lowest BCUT2D eigenvalue weighted by molar-refractivity contribution is 0.0642. The number of aliphatic hydroxyl groups excluding tert-OH is 1. The van der Waals surface area contributed by atoms with Crippen LogP contribution in [0, 0.1) is 0 Å². The zero-order valence-electron chi connectivity index (χ0n) is 60.7. The third-order valence-corrected chi connectivity index (χ3v) is 19.6. The van der Waals surface area contributed by atoms with E-state index in [1.54, 1.807) is 152 Å². The number of carbonyl (C=O) groups excluding carboxylic acids is 7. The molecule has 0 bridgehead atoms. The Bertz CT molecular complexity index is 5650. The summed E-state index contributed by atoms with van der Waals surface area (Å²) >= 11 is 43.8. The second-order valence-corrected chi connectivity index (χ2v) is 27.8. The van der Waals surface area contributed by atoms with Gasteiger partial charge in [0.05, 0.1) is 86.9 Å². The second-order valence-electron chi connectivity index (χ2n) is 24.9. The predicted molar refractivity (Wildman–Crippen MR) is 450 cm³/mol. The van der Waals surface area contributed by atoms with Crippen molar-refractivity contribution in [2.75, 3.05) is 67.1 Å². The summed E-state index contributed by atoms with van der Waals surface area (Å²) in [6.45, 7) is 6.15. The number of hydrogen-bond donors (Lipinski definition) is 7. The van der Waals surface area contributed by atoms with Crippen molar-refractivity contribution >= 4 is 145 Å². The highest BCUT2D eigenvalue weighted by molar-refractivity contribution is 6.37. The van der Waals surface area contributed by atoms with Crippen molar-refractivity contribution in [3.8, 4) is 50.7 Å². The van der Waals surface area contributed by atoms with Crippen molar-refractivity contribution in [3.63, 3.8) is 0 Å². The summed E-state index contributed by atoms with van der Waals surface area (Å²) in [6, 6.07) is 63.1. The molecule has 115 heavy (non-hydrogen) atoms. The first kappa shape index (κ1) is 83.6. The number of halogens is 7. The fourth-order valence-corrected chi connectivity index (χ4v) is 13.0. The van der Waals surface area contributed by atoms with Gasteiger partial charge >= 0.3 is 0 Å². The topological polar surface area (TPSA) is 328 Å². The van der Waals surface area contributed by atoms with Gasteiger partial charge in [-0.2, -0.15) is 0 Å². The molecule has 7 amide bonds. The number of hydrogen-bond acceptors (Lipinski definition) is 16. The molecule has 14 rings (SSSR count). The number of pyridine rings is 4. The molecule has 0 unspecified atom stereocenters. The maximum absolute atomic E-state index is 12.9. The van der Waals surface area contributed by atoms with E-state index in [4.69, 9.17) is 92.0 Å². The Kier molecular flexibility index (Phi) is 29.4. The number of benzene rings is 8. The van der Waals surface area contributed by atoms with Crippen LogP contribution >= 0.6 is 81.2 Å². The Morgan fingerprint density at radius 3 is 1.11 bits per heavy atom. The zero-order valence-corrected chi connectivity index (χ0v) is 66.0. The maximum Gasteiger partial charge on any atom is 0.257 e. The van der Waals surface area contributed by atoms with Gasteiger partial charge in [0.2, 0.25) is 5.91 Å². The number of tetrazole rings is 1. The van der Waals surface area contributed by atoms with Gasteiger partial charge in [0.25, 0.3) is 35.4 Å². The van der Waals surface area contributed by atoms with E-state index >= 15 is 0 Å². The van der Waals surface area contributed by atoms with Crippen LogP contribution in [0.3, 0.4) is 0 Å². The summed E-state index contributed by atoms with van der Waals surface area (Å²) in [5.74, 6) is -2.51. The van der Waals surface area contributed by atoms with Crippen molar-refractivity contribution in [2.24, 2.45) is 5.73 Å². The number of anilines is 4. The lowest BCUT2D eigenvalue weighted by Crippen LogP contribution is -2.48. The van der Waals surface area contributed by atoms with Gasteiger partial charge in [0, 0.05) is 125 Å². The Morgan fingerprint density at radius 1 is 0.400 bits per heavy atom. The minimum atomic E-state index is -0.614. The zero-order chi connectivity index (χ0) is 81.5. The van der Waals surface area contributed by atoms with Crippen LogP contribution in [0.15, 0.2) is 256 Å². The first-order valence-electron chi connectivity index (χ1n) is 35.1. The van der Waals surface area contributed by atoms with Crippen LogP contribution in [0.4, 0.5) is 22.7 Å². The molecule has 0 radical (unpaired) electrons. The van der Waals surface area contributed by atoms with Gasteiger partial charge in [-0.05, 0) is 217 Å².